The highest BCUT2D eigenvalue weighted by molar-refractivity contribution is 6.42. The smallest absolute Gasteiger partial charge is 0.289 e. The number of carbonyl (C=O) groups is 1. The first-order valence-corrected chi connectivity index (χ1v) is 11.5. The van der Waals surface area contributed by atoms with Gasteiger partial charge in [-0.05, 0) is 48.4 Å². The Morgan fingerprint density at radius 1 is 0.969 bits per heavy atom. The van der Waals surface area contributed by atoms with Gasteiger partial charge in [0.25, 0.3) is 5.91 Å². The SMILES string of the molecule is Cc1cccc(Cl)c1OCc1ccc(C(=O)N2CCN(Cc3ccc(Cl)c(Cl)c3)CC2)o1. The van der Waals surface area contributed by atoms with E-state index in [1.165, 1.54) is 0 Å². The molecule has 0 radical (unpaired) electrons. The molecular formula is C24H23Cl3N2O3. The Labute approximate surface area is 202 Å². The fourth-order valence-corrected chi connectivity index (χ4v) is 4.27. The lowest BCUT2D eigenvalue weighted by atomic mass is 10.2. The molecule has 1 aliphatic rings. The van der Waals surface area contributed by atoms with E-state index in [9.17, 15) is 4.79 Å². The number of halogens is 3. The molecule has 1 aromatic heterocycles. The number of amides is 1. The maximum Gasteiger partial charge on any atom is 0.289 e. The number of ether oxygens (including phenoxy) is 1. The van der Waals surface area contributed by atoms with Crippen molar-refractivity contribution in [3.8, 4) is 5.75 Å². The highest BCUT2D eigenvalue weighted by atomic mass is 35.5. The fourth-order valence-electron chi connectivity index (χ4n) is 3.67. The number of aryl methyl sites for hydroxylation is 1. The minimum absolute atomic E-state index is 0.112. The number of carbonyl (C=O) groups excluding carboxylic acids is 1. The first-order valence-electron chi connectivity index (χ1n) is 10.3. The van der Waals surface area contributed by atoms with Gasteiger partial charge in [0, 0.05) is 32.7 Å². The van der Waals surface area contributed by atoms with Crippen LogP contribution >= 0.6 is 34.8 Å². The second kappa shape index (κ2) is 10.2. The van der Waals surface area contributed by atoms with Crippen molar-refractivity contribution in [3.05, 3.63) is 86.2 Å². The van der Waals surface area contributed by atoms with Gasteiger partial charge in [-0.3, -0.25) is 9.69 Å². The number of benzene rings is 2. The Bertz CT molecular complexity index is 1090. The van der Waals surface area contributed by atoms with Crippen LogP contribution in [-0.4, -0.2) is 41.9 Å². The Kier molecular flexibility index (Phi) is 7.31. The third-order valence-corrected chi connectivity index (χ3v) is 6.48. The molecular weight excluding hydrogens is 471 g/mol. The Balaban J connectivity index is 1.30. The summed E-state index contributed by atoms with van der Waals surface area (Å²) in [5.74, 6) is 1.40. The van der Waals surface area contributed by atoms with Gasteiger partial charge in [0.05, 0.1) is 15.1 Å². The van der Waals surface area contributed by atoms with Crippen LogP contribution in [0.5, 0.6) is 5.75 Å². The van der Waals surface area contributed by atoms with Crippen LogP contribution in [0.1, 0.15) is 27.4 Å². The summed E-state index contributed by atoms with van der Waals surface area (Å²) in [7, 11) is 0. The topological polar surface area (TPSA) is 45.9 Å². The summed E-state index contributed by atoms with van der Waals surface area (Å²) in [6.45, 7) is 5.71. The molecule has 0 saturated carbocycles. The van der Waals surface area contributed by atoms with E-state index < -0.39 is 0 Å². The van der Waals surface area contributed by atoms with E-state index in [0.29, 0.717) is 45.4 Å². The molecule has 0 N–H and O–H groups in total. The van der Waals surface area contributed by atoms with E-state index in [1.807, 2.05) is 42.2 Å². The quantitative estimate of drug-likeness (QED) is 0.417. The molecule has 0 atom stereocenters. The normalized spacial score (nSPS) is 14.6. The maximum absolute atomic E-state index is 12.9. The molecule has 2 aromatic carbocycles. The van der Waals surface area contributed by atoms with Crippen LogP contribution in [0.3, 0.4) is 0 Å². The zero-order valence-electron chi connectivity index (χ0n) is 17.6. The van der Waals surface area contributed by atoms with Crippen molar-refractivity contribution in [1.82, 2.24) is 9.80 Å². The maximum atomic E-state index is 12.9. The summed E-state index contributed by atoms with van der Waals surface area (Å²) in [4.78, 5) is 17.0. The number of rotatable bonds is 6. The molecule has 1 amide bonds. The summed E-state index contributed by atoms with van der Waals surface area (Å²) in [5.41, 5.74) is 2.04. The molecule has 0 bridgehead atoms. The van der Waals surface area contributed by atoms with E-state index in [0.717, 1.165) is 30.8 Å². The van der Waals surface area contributed by atoms with E-state index in [2.05, 4.69) is 4.90 Å². The lowest BCUT2D eigenvalue weighted by Crippen LogP contribution is -2.48. The lowest BCUT2D eigenvalue weighted by molar-refractivity contribution is 0.0594. The first kappa shape index (κ1) is 23.0. The number of hydrogen-bond donors (Lipinski definition) is 0. The molecule has 3 aromatic rings. The molecule has 0 spiro atoms. The Morgan fingerprint density at radius 2 is 1.75 bits per heavy atom. The van der Waals surface area contributed by atoms with Crippen molar-refractivity contribution < 1.29 is 13.9 Å². The van der Waals surface area contributed by atoms with Crippen molar-refractivity contribution in [2.45, 2.75) is 20.1 Å². The van der Waals surface area contributed by atoms with Crippen LogP contribution in [0.2, 0.25) is 15.1 Å². The van der Waals surface area contributed by atoms with E-state index >= 15 is 0 Å². The average Bonchev–Trinajstić information content (AvgIpc) is 3.25. The summed E-state index contributed by atoms with van der Waals surface area (Å²) in [5, 5.41) is 1.66. The number of para-hydroxylation sites is 1. The predicted octanol–water partition coefficient (Wildman–Crippen LogP) is 6.09. The molecule has 0 aliphatic carbocycles. The summed E-state index contributed by atoms with van der Waals surface area (Å²) >= 11 is 18.3. The first-order chi connectivity index (χ1) is 15.4. The molecule has 2 heterocycles. The third kappa shape index (κ3) is 5.41. The van der Waals surface area contributed by atoms with Crippen LogP contribution in [0.4, 0.5) is 0 Å². The van der Waals surface area contributed by atoms with Crippen molar-refractivity contribution >= 4 is 40.7 Å². The van der Waals surface area contributed by atoms with Gasteiger partial charge in [-0.1, -0.05) is 53.0 Å². The zero-order valence-corrected chi connectivity index (χ0v) is 19.9. The molecule has 1 aliphatic heterocycles. The second-order valence-electron chi connectivity index (χ2n) is 7.76. The number of hydrogen-bond acceptors (Lipinski definition) is 4. The van der Waals surface area contributed by atoms with Gasteiger partial charge >= 0.3 is 0 Å². The van der Waals surface area contributed by atoms with Crippen LogP contribution < -0.4 is 4.74 Å². The highest BCUT2D eigenvalue weighted by Crippen LogP contribution is 2.29. The molecule has 32 heavy (non-hydrogen) atoms. The van der Waals surface area contributed by atoms with Gasteiger partial charge in [0.15, 0.2) is 5.76 Å². The third-order valence-electron chi connectivity index (χ3n) is 5.44. The highest BCUT2D eigenvalue weighted by Gasteiger charge is 2.24. The summed E-state index contributed by atoms with van der Waals surface area (Å²) in [6.07, 6.45) is 0. The summed E-state index contributed by atoms with van der Waals surface area (Å²) in [6, 6.07) is 14.7. The molecule has 4 rings (SSSR count). The average molecular weight is 494 g/mol. The predicted molar refractivity (Wildman–Crippen MR) is 127 cm³/mol. The van der Waals surface area contributed by atoms with Gasteiger partial charge in [-0.25, -0.2) is 0 Å². The van der Waals surface area contributed by atoms with Crippen LogP contribution in [0.15, 0.2) is 52.9 Å². The molecule has 1 fully saturated rings. The standard InChI is InChI=1S/C24H23Cl3N2O3/c1-16-3-2-4-20(26)23(16)31-15-18-6-8-22(32-18)24(30)29-11-9-28(10-12-29)14-17-5-7-19(25)21(27)13-17/h2-8,13H,9-12,14-15H2,1H3. The number of furan rings is 1. The van der Waals surface area contributed by atoms with Gasteiger partial charge in [-0.2, -0.15) is 0 Å². The molecule has 0 unspecified atom stereocenters. The monoisotopic (exact) mass is 492 g/mol. The van der Waals surface area contributed by atoms with Gasteiger partial charge in [-0.15, -0.1) is 0 Å². The van der Waals surface area contributed by atoms with E-state index in [4.69, 9.17) is 44.0 Å². The lowest BCUT2D eigenvalue weighted by Gasteiger charge is -2.34. The molecule has 8 heteroatoms. The van der Waals surface area contributed by atoms with Gasteiger partial charge in [0.1, 0.15) is 18.1 Å². The molecule has 168 valence electrons. The van der Waals surface area contributed by atoms with Gasteiger partial charge < -0.3 is 14.1 Å². The second-order valence-corrected chi connectivity index (χ2v) is 8.98. The number of piperazine rings is 1. The van der Waals surface area contributed by atoms with Crippen molar-refractivity contribution in [2.75, 3.05) is 26.2 Å². The van der Waals surface area contributed by atoms with Crippen LogP contribution in [0.25, 0.3) is 0 Å². The Morgan fingerprint density at radius 3 is 2.47 bits per heavy atom. The zero-order chi connectivity index (χ0) is 22.7. The number of nitrogens with zero attached hydrogens (tertiary/aromatic N) is 2. The van der Waals surface area contributed by atoms with Crippen LogP contribution in [0, 0.1) is 6.92 Å². The molecule has 1 saturated heterocycles. The van der Waals surface area contributed by atoms with Crippen LogP contribution in [-0.2, 0) is 13.2 Å². The van der Waals surface area contributed by atoms with Crippen molar-refractivity contribution in [2.24, 2.45) is 0 Å². The van der Waals surface area contributed by atoms with E-state index in [-0.39, 0.29) is 12.5 Å². The summed E-state index contributed by atoms with van der Waals surface area (Å²) < 4.78 is 11.6. The van der Waals surface area contributed by atoms with Crippen molar-refractivity contribution in [3.63, 3.8) is 0 Å². The minimum atomic E-state index is -0.112. The minimum Gasteiger partial charge on any atom is -0.484 e. The van der Waals surface area contributed by atoms with Crippen molar-refractivity contribution in [1.29, 1.82) is 0 Å². The molecule has 5 nitrogen and oxygen atoms in total. The van der Waals surface area contributed by atoms with E-state index in [1.54, 1.807) is 18.2 Å². The fraction of sp³-hybridized carbons (Fsp3) is 0.292. The van der Waals surface area contributed by atoms with Gasteiger partial charge in [0.2, 0.25) is 0 Å². The largest absolute Gasteiger partial charge is 0.484 e. The Hall–Kier alpha value is -2.18.